The van der Waals surface area contributed by atoms with Crippen molar-refractivity contribution >= 4 is 23.5 Å². The predicted octanol–water partition coefficient (Wildman–Crippen LogP) is 7.12. The zero-order valence-corrected chi connectivity index (χ0v) is 23.8. The summed E-state index contributed by atoms with van der Waals surface area (Å²) < 4.78 is 13.0. The Morgan fingerprint density at radius 1 is 0.872 bits per heavy atom. The molecule has 0 unspecified atom stereocenters. The molecule has 1 heterocycles. The number of hydrogen-bond acceptors (Lipinski definition) is 5. The summed E-state index contributed by atoms with van der Waals surface area (Å²) in [4.78, 5) is 17.4. The second-order valence-electron chi connectivity index (χ2n) is 8.93. The van der Waals surface area contributed by atoms with Crippen LogP contribution in [0.5, 0.6) is 11.5 Å². The van der Waals surface area contributed by atoms with Gasteiger partial charge in [0, 0.05) is 35.7 Å². The summed E-state index contributed by atoms with van der Waals surface area (Å²) in [7, 11) is 3.34. The van der Waals surface area contributed by atoms with Gasteiger partial charge >= 0.3 is 6.03 Å². The standard InChI is InChI=1S/C31H36N4O3S/c1-5-22-8-14-25(15-9-22)33-30(36)32-20-7-21-39-31-34-28(23-10-16-26(37-3)17-11-23)29(35(31)6-2)24-12-18-27(38-4)19-13-24/h8-19H,5-7,20-21H2,1-4H3,(H2,32,33,36). The van der Waals surface area contributed by atoms with Gasteiger partial charge in [0.15, 0.2) is 5.16 Å². The van der Waals surface area contributed by atoms with E-state index < -0.39 is 0 Å². The number of rotatable bonds is 12. The van der Waals surface area contributed by atoms with Crippen molar-refractivity contribution in [3.05, 3.63) is 78.4 Å². The minimum Gasteiger partial charge on any atom is -0.497 e. The van der Waals surface area contributed by atoms with Gasteiger partial charge in [0.05, 0.1) is 25.6 Å². The Bertz CT molecular complexity index is 1350. The van der Waals surface area contributed by atoms with Crippen LogP contribution in [0.2, 0.25) is 0 Å². The zero-order valence-electron chi connectivity index (χ0n) is 23.0. The minimum absolute atomic E-state index is 0.192. The molecule has 3 aromatic carbocycles. The monoisotopic (exact) mass is 544 g/mol. The molecule has 1 aromatic heterocycles. The largest absolute Gasteiger partial charge is 0.497 e. The fourth-order valence-corrected chi connectivity index (χ4v) is 5.27. The predicted molar refractivity (Wildman–Crippen MR) is 160 cm³/mol. The molecule has 39 heavy (non-hydrogen) atoms. The van der Waals surface area contributed by atoms with E-state index in [1.165, 1.54) is 5.56 Å². The quantitative estimate of drug-likeness (QED) is 0.147. The van der Waals surface area contributed by atoms with E-state index in [9.17, 15) is 4.79 Å². The van der Waals surface area contributed by atoms with Gasteiger partial charge in [-0.15, -0.1) is 0 Å². The van der Waals surface area contributed by atoms with Crippen molar-refractivity contribution in [3.63, 3.8) is 0 Å². The number of carbonyl (C=O) groups is 1. The van der Waals surface area contributed by atoms with Crippen LogP contribution >= 0.6 is 11.8 Å². The Balaban J connectivity index is 1.44. The highest BCUT2D eigenvalue weighted by molar-refractivity contribution is 7.99. The van der Waals surface area contributed by atoms with Crippen LogP contribution in [-0.4, -0.2) is 42.1 Å². The van der Waals surface area contributed by atoms with E-state index in [2.05, 4.69) is 41.2 Å². The lowest BCUT2D eigenvalue weighted by Crippen LogP contribution is -2.29. The lowest BCUT2D eigenvalue weighted by atomic mass is 10.0. The molecule has 0 atom stereocenters. The first-order valence-electron chi connectivity index (χ1n) is 13.2. The highest BCUT2D eigenvalue weighted by Crippen LogP contribution is 2.37. The maximum absolute atomic E-state index is 12.3. The molecule has 0 aliphatic carbocycles. The Hall–Kier alpha value is -3.91. The number of urea groups is 1. The molecule has 7 nitrogen and oxygen atoms in total. The van der Waals surface area contributed by atoms with Crippen molar-refractivity contribution in [1.29, 1.82) is 0 Å². The maximum atomic E-state index is 12.3. The minimum atomic E-state index is -0.192. The molecule has 0 aliphatic heterocycles. The molecule has 2 N–H and O–H groups in total. The lowest BCUT2D eigenvalue weighted by molar-refractivity contribution is 0.252. The van der Waals surface area contributed by atoms with Crippen LogP contribution in [0.15, 0.2) is 78.0 Å². The topological polar surface area (TPSA) is 77.4 Å². The van der Waals surface area contributed by atoms with Crippen LogP contribution in [0, 0.1) is 0 Å². The summed E-state index contributed by atoms with van der Waals surface area (Å²) >= 11 is 1.70. The number of anilines is 1. The number of nitrogens with zero attached hydrogens (tertiary/aromatic N) is 2. The van der Waals surface area contributed by atoms with Crippen molar-refractivity contribution in [2.24, 2.45) is 0 Å². The SMILES string of the molecule is CCc1ccc(NC(=O)NCCCSc2nc(-c3ccc(OC)cc3)c(-c3ccc(OC)cc3)n2CC)cc1. The van der Waals surface area contributed by atoms with Crippen LogP contribution in [0.4, 0.5) is 10.5 Å². The van der Waals surface area contributed by atoms with Crippen molar-refractivity contribution in [2.45, 2.75) is 38.4 Å². The summed E-state index contributed by atoms with van der Waals surface area (Å²) in [6, 6.07) is 23.8. The molecular formula is C31H36N4O3S. The Morgan fingerprint density at radius 3 is 2.05 bits per heavy atom. The van der Waals surface area contributed by atoms with Gasteiger partial charge in [0.1, 0.15) is 11.5 Å². The molecule has 0 radical (unpaired) electrons. The number of thioether (sulfide) groups is 1. The number of amides is 2. The number of aromatic nitrogens is 2. The van der Waals surface area contributed by atoms with Gasteiger partial charge in [-0.25, -0.2) is 9.78 Å². The van der Waals surface area contributed by atoms with Crippen LogP contribution in [0.25, 0.3) is 22.5 Å². The number of imidazole rings is 1. The van der Waals surface area contributed by atoms with Gasteiger partial charge in [-0.1, -0.05) is 30.8 Å². The Labute approximate surface area is 235 Å². The van der Waals surface area contributed by atoms with Crippen LogP contribution < -0.4 is 20.1 Å². The van der Waals surface area contributed by atoms with E-state index >= 15 is 0 Å². The number of aryl methyl sites for hydroxylation is 1. The molecule has 0 aliphatic rings. The molecular weight excluding hydrogens is 508 g/mol. The van der Waals surface area contributed by atoms with Gasteiger partial charge in [0.2, 0.25) is 0 Å². The van der Waals surface area contributed by atoms with E-state index in [0.29, 0.717) is 6.54 Å². The Morgan fingerprint density at radius 2 is 1.49 bits per heavy atom. The average molecular weight is 545 g/mol. The second kappa shape index (κ2) is 13.8. The summed E-state index contributed by atoms with van der Waals surface area (Å²) in [6.45, 7) is 5.61. The van der Waals surface area contributed by atoms with Gasteiger partial charge in [-0.2, -0.15) is 0 Å². The molecule has 8 heteroatoms. The fourth-order valence-electron chi connectivity index (χ4n) is 4.26. The second-order valence-corrected chi connectivity index (χ2v) is 9.99. The smallest absolute Gasteiger partial charge is 0.319 e. The number of nitrogens with one attached hydrogen (secondary N) is 2. The molecule has 0 saturated heterocycles. The normalized spacial score (nSPS) is 10.8. The number of benzene rings is 3. The van der Waals surface area contributed by atoms with Crippen LogP contribution in [0.1, 0.15) is 25.8 Å². The molecule has 204 valence electrons. The average Bonchev–Trinajstić information content (AvgIpc) is 3.35. The summed E-state index contributed by atoms with van der Waals surface area (Å²) in [6.07, 6.45) is 1.79. The third kappa shape index (κ3) is 7.15. The van der Waals surface area contributed by atoms with Gasteiger partial charge < -0.3 is 24.7 Å². The molecule has 0 spiro atoms. The van der Waals surface area contributed by atoms with Crippen molar-refractivity contribution in [1.82, 2.24) is 14.9 Å². The van der Waals surface area contributed by atoms with Gasteiger partial charge in [-0.3, -0.25) is 0 Å². The highest BCUT2D eigenvalue weighted by atomic mass is 32.2. The molecule has 0 bridgehead atoms. The van der Waals surface area contributed by atoms with Crippen molar-refractivity contribution in [2.75, 3.05) is 31.8 Å². The summed E-state index contributed by atoms with van der Waals surface area (Å²) in [5, 5.41) is 6.80. The molecule has 2 amide bonds. The number of methoxy groups -OCH3 is 2. The Kier molecular flexibility index (Phi) is 9.91. The summed E-state index contributed by atoms with van der Waals surface area (Å²) in [5.74, 6) is 2.45. The lowest BCUT2D eigenvalue weighted by Gasteiger charge is -2.12. The first-order valence-corrected chi connectivity index (χ1v) is 14.2. The van der Waals surface area contributed by atoms with E-state index in [0.717, 1.165) is 70.0 Å². The first kappa shape index (κ1) is 28.1. The maximum Gasteiger partial charge on any atom is 0.319 e. The molecule has 0 fully saturated rings. The highest BCUT2D eigenvalue weighted by Gasteiger charge is 2.20. The molecule has 4 aromatic rings. The van der Waals surface area contributed by atoms with Crippen molar-refractivity contribution < 1.29 is 14.3 Å². The summed E-state index contributed by atoms with van der Waals surface area (Å²) in [5.41, 5.74) is 6.14. The third-order valence-electron chi connectivity index (χ3n) is 6.43. The molecule has 0 saturated carbocycles. The van der Waals surface area contributed by atoms with E-state index in [4.69, 9.17) is 14.5 Å². The van der Waals surface area contributed by atoms with Crippen LogP contribution in [0.3, 0.4) is 0 Å². The van der Waals surface area contributed by atoms with E-state index in [-0.39, 0.29) is 6.03 Å². The zero-order chi connectivity index (χ0) is 27.6. The number of hydrogen-bond donors (Lipinski definition) is 2. The van der Waals surface area contributed by atoms with Crippen LogP contribution in [-0.2, 0) is 13.0 Å². The fraction of sp³-hybridized carbons (Fsp3) is 0.290. The van der Waals surface area contributed by atoms with Crippen molar-refractivity contribution in [3.8, 4) is 34.0 Å². The van der Waals surface area contributed by atoms with E-state index in [1.54, 1.807) is 26.0 Å². The number of ether oxygens (including phenoxy) is 2. The van der Waals surface area contributed by atoms with Gasteiger partial charge in [0.25, 0.3) is 0 Å². The molecule has 4 rings (SSSR count). The van der Waals surface area contributed by atoms with E-state index in [1.807, 2.05) is 60.7 Å². The first-order chi connectivity index (χ1) is 19.1. The third-order valence-corrected chi connectivity index (χ3v) is 7.50. The number of carbonyl (C=O) groups excluding carboxylic acids is 1. The van der Waals surface area contributed by atoms with Gasteiger partial charge in [-0.05, 0) is 86.0 Å².